The van der Waals surface area contributed by atoms with Gasteiger partial charge in [-0.3, -0.25) is 9.59 Å². The minimum absolute atomic E-state index is 0.0540. The Labute approximate surface area is 115 Å². The van der Waals surface area contributed by atoms with Gasteiger partial charge in [0.25, 0.3) is 0 Å². The summed E-state index contributed by atoms with van der Waals surface area (Å²) in [6, 6.07) is 0. The van der Waals surface area contributed by atoms with Crippen molar-refractivity contribution in [2.45, 2.75) is 70.9 Å². The van der Waals surface area contributed by atoms with E-state index in [1.807, 2.05) is 4.90 Å². The third-order valence-electron chi connectivity index (χ3n) is 4.51. The number of carbonyl (C=O) groups excluding carboxylic acids is 2. The molecular weight excluding hydrogens is 240 g/mol. The molecule has 1 heterocycles. The van der Waals surface area contributed by atoms with E-state index in [-0.39, 0.29) is 11.8 Å². The van der Waals surface area contributed by atoms with Gasteiger partial charge >= 0.3 is 0 Å². The first kappa shape index (κ1) is 14.4. The highest BCUT2D eigenvalue weighted by molar-refractivity contribution is 6.02. The topological polar surface area (TPSA) is 49.4 Å². The van der Waals surface area contributed by atoms with E-state index in [9.17, 15) is 9.59 Å². The van der Waals surface area contributed by atoms with Crippen molar-refractivity contribution in [3.8, 4) is 0 Å². The molecule has 2 fully saturated rings. The van der Waals surface area contributed by atoms with Crippen LogP contribution in [0.1, 0.15) is 59.8 Å². The Kier molecular flexibility index (Phi) is 3.63. The molecule has 0 radical (unpaired) electrons. The molecule has 19 heavy (non-hydrogen) atoms. The quantitative estimate of drug-likeness (QED) is 0.850. The molecule has 0 unspecified atom stereocenters. The molecule has 1 saturated heterocycles. The zero-order valence-electron chi connectivity index (χ0n) is 12.6. The smallest absolute Gasteiger partial charge is 0.248 e. The molecule has 4 nitrogen and oxygen atoms in total. The fourth-order valence-electron chi connectivity index (χ4n) is 3.27. The van der Waals surface area contributed by atoms with E-state index in [2.05, 4.69) is 19.2 Å². The monoisotopic (exact) mass is 266 g/mol. The average Bonchev–Trinajstić information content (AvgIpc) is 2.77. The second-order valence-electron chi connectivity index (χ2n) is 6.96. The highest BCUT2D eigenvalue weighted by atomic mass is 16.2. The Balaban J connectivity index is 2.29. The molecule has 1 aliphatic heterocycles. The van der Waals surface area contributed by atoms with Crippen LogP contribution < -0.4 is 5.32 Å². The maximum atomic E-state index is 12.7. The Morgan fingerprint density at radius 1 is 1.21 bits per heavy atom. The van der Waals surface area contributed by atoms with Gasteiger partial charge in [0.2, 0.25) is 11.8 Å². The summed E-state index contributed by atoms with van der Waals surface area (Å²) in [4.78, 5) is 27.1. The summed E-state index contributed by atoms with van der Waals surface area (Å²) in [5, 5.41) is 2.93. The molecule has 0 aromatic carbocycles. The lowest BCUT2D eigenvalue weighted by Gasteiger charge is -2.49. The van der Waals surface area contributed by atoms with Gasteiger partial charge in [0.05, 0.1) is 0 Å². The van der Waals surface area contributed by atoms with Crippen LogP contribution in [0.4, 0.5) is 0 Å². The predicted molar refractivity (Wildman–Crippen MR) is 74.6 cm³/mol. The van der Waals surface area contributed by atoms with Crippen LogP contribution in [0, 0.1) is 5.92 Å². The van der Waals surface area contributed by atoms with Gasteiger partial charge in [0, 0.05) is 6.54 Å². The normalized spacial score (nSPS) is 25.2. The lowest BCUT2D eigenvalue weighted by molar-refractivity contribution is -0.161. The number of carbonyl (C=O) groups is 2. The predicted octanol–water partition coefficient (Wildman–Crippen LogP) is 2.08. The van der Waals surface area contributed by atoms with Crippen LogP contribution in [0.5, 0.6) is 0 Å². The van der Waals surface area contributed by atoms with E-state index in [1.54, 1.807) is 13.8 Å². The molecule has 0 atom stereocenters. The van der Waals surface area contributed by atoms with Crippen molar-refractivity contribution in [3.63, 3.8) is 0 Å². The molecule has 1 saturated carbocycles. The van der Waals surface area contributed by atoms with Crippen LogP contribution in [0.2, 0.25) is 0 Å². The molecular formula is C15H26N2O2. The zero-order chi connectivity index (χ0) is 14.3. The van der Waals surface area contributed by atoms with E-state index >= 15 is 0 Å². The summed E-state index contributed by atoms with van der Waals surface area (Å²) >= 11 is 0. The minimum Gasteiger partial charge on any atom is -0.340 e. The van der Waals surface area contributed by atoms with Gasteiger partial charge in [-0.15, -0.1) is 0 Å². The number of amides is 2. The van der Waals surface area contributed by atoms with Gasteiger partial charge in [-0.2, -0.15) is 0 Å². The summed E-state index contributed by atoms with van der Waals surface area (Å²) in [6.07, 6.45) is 4.67. The molecule has 0 aromatic heterocycles. The standard InChI is InChI=1S/C15H26N2O2/c1-11(2)7-10-17-13(19)14(3,4)16-12(18)15(17)8-5-6-9-15/h11H,5-10H2,1-4H3,(H,16,18). The first-order valence-corrected chi connectivity index (χ1v) is 7.44. The maximum absolute atomic E-state index is 12.7. The molecule has 1 N–H and O–H groups in total. The average molecular weight is 266 g/mol. The number of rotatable bonds is 3. The lowest BCUT2D eigenvalue weighted by atomic mass is 9.85. The number of nitrogens with one attached hydrogen (secondary N) is 1. The van der Waals surface area contributed by atoms with Crippen LogP contribution in [0.15, 0.2) is 0 Å². The summed E-state index contributed by atoms with van der Waals surface area (Å²) in [7, 11) is 0. The number of piperazine rings is 1. The van der Waals surface area contributed by atoms with Crippen LogP contribution >= 0.6 is 0 Å². The summed E-state index contributed by atoms with van der Waals surface area (Å²) in [5.41, 5.74) is -1.32. The molecule has 4 heteroatoms. The van der Waals surface area contributed by atoms with Gasteiger partial charge < -0.3 is 10.2 Å². The second-order valence-corrected chi connectivity index (χ2v) is 6.96. The molecule has 108 valence electrons. The van der Waals surface area contributed by atoms with E-state index in [0.29, 0.717) is 12.5 Å². The van der Waals surface area contributed by atoms with Crippen molar-refractivity contribution >= 4 is 11.8 Å². The van der Waals surface area contributed by atoms with Crippen molar-refractivity contribution < 1.29 is 9.59 Å². The van der Waals surface area contributed by atoms with Crippen LogP contribution in [0.3, 0.4) is 0 Å². The van der Waals surface area contributed by atoms with Crippen molar-refractivity contribution in [2.24, 2.45) is 5.92 Å². The Morgan fingerprint density at radius 3 is 2.32 bits per heavy atom. The van der Waals surface area contributed by atoms with Crippen molar-refractivity contribution in [1.29, 1.82) is 0 Å². The maximum Gasteiger partial charge on any atom is 0.248 e. The van der Waals surface area contributed by atoms with Gasteiger partial charge in [0.1, 0.15) is 11.1 Å². The van der Waals surface area contributed by atoms with Gasteiger partial charge in [0.15, 0.2) is 0 Å². The minimum atomic E-state index is -0.762. The molecule has 2 aliphatic rings. The Hall–Kier alpha value is -1.06. The molecule has 2 rings (SSSR count). The van der Waals surface area contributed by atoms with Gasteiger partial charge in [-0.25, -0.2) is 0 Å². The van der Waals surface area contributed by atoms with Crippen LogP contribution in [-0.2, 0) is 9.59 Å². The number of hydrogen-bond acceptors (Lipinski definition) is 2. The van der Waals surface area contributed by atoms with Gasteiger partial charge in [-0.05, 0) is 39.0 Å². The lowest BCUT2D eigenvalue weighted by Crippen LogP contribution is -2.73. The highest BCUT2D eigenvalue weighted by Gasteiger charge is 2.55. The molecule has 0 aromatic rings. The SMILES string of the molecule is CC(C)CCN1C(=O)C(C)(C)NC(=O)C12CCCC2. The van der Waals surface area contributed by atoms with E-state index in [4.69, 9.17) is 0 Å². The zero-order valence-corrected chi connectivity index (χ0v) is 12.6. The van der Waals surface area contributed by atoms with E-state index in [0.717, 1.165) is 32.1 Å². The molecule has 0 bridgehead atoms. The molecule has 1 spiro atoms. The van der Waals surface area contributed by atoms with Crippen molar-refractivity contribution in [1.82, 2.24) is 10.2 Å². The molecule has 2 amide bonds. The van der Waals surface area contributed by atoms with Gasteiger partial charge in [-0.1, -0.05) is 26.7 Å². The number of nitrogens with zero attached hydrogens (tertiary/aromatic N) is 1. The van der Waals surface area contributed by atoms with E-state index in [1.165, 1.54) is 0 Å². The Morgan fingerprint density at radius 2 is 1.79 bits per heavy atom. The summed E-state index contributed by atoms with van der Waals surface area (Å²) in [5.74, 6) is 0.673. The number of hydrogen-bond donors (Lipinski definition) is 1. The third kappa shape index (κ3) is 2.37. The van der Waals surface area contributed by atoms with Crippen LogP contribution in [-0.4, -0.2) is 34.3 Å². The first-order valence-electron chi connectivity index (χ1n) is 7.44. The van der Waals surface area contributed by atoms with Crippen molar-refractivity contribution in [3.05, 3.63) is 0 Å². The summed E-state index contributed by atoms with van der Waals surface area (Å²) < 4.78 is 0. The first-order chi connectivity index (χ1) is 8.79. The molecule has 1 aliphatic carbocycles. The van der Waals surface area contributed by atoms with Crippen LogP contribution in [0.25, 0.3) is 0 Å². The second kappa shape index (κ2) is 4.80. The fraction of sp³-hybridized carbons (Fsp3) is 0.867. The highest BCUT2D eigenvalue weighted by Crippen LogP contribution is 2.40. The fourth-order valence-corrected chi connectivity index (χ4v) is 3.27. The largest absolute Gasteiger partial charge is 0.340 e. The van der Waals surface area contributed by atoms with E-state index < -0.39 is 11.1 Å². The Bertz CT molecular complexity index is 382. The summed E-state index contributed by atoms with van der Waals surface area (Å²) in [6.45, 7) is 8.62. The third-order valence-corrected chi connectivity index (χ3v) is 4.51. The van der Waals surface area contributed by atoms with Crippen molar-refractivity contribution in [2.75, 3.05) is 6.54 Å².